The first-order valence-electron chi connectivity index (χ1n) is 11.6. The second kappa shape index (κ2) is 7.07. The fraction of sp³-hybridized carbons (Fsp3) is 0.0625. The standard InChI is InChI=1S/C32H20ClFO/c1-3-20(34)17-27-18(2)21-8-4-6-10-25(21)32(27)26-15-14-23-22-9-5-7-11-29(22)35-31(23)30(26)24-13-12-19(33)16-28(24)32/h3-17H,1H2,2H3/b20-17+. The summed E-state index contributed by atoms with van der Waals surface area (Å²) in [5.74, 6) is -0.367. The van der Waals surface area contributed by atoms with Crippen LogP contribution in [0, 0.1) is 0 Å². The summed E-state index contributed by atoms with van der Waals surface area (Å²) in [7, 11) is 0. The van der Waals surface area contributed by atoms with Crippen LogP contribution < -0.4 is 0 Å². The summed E-state index contributed by atoms with van der Waals surface area (Å²) in [6.07, 6.45) is 2.89. The SMILES string of the molecule is C=C/C(F)=C\C1=C(C)c2ccccc2C12c1cc(Cl)ccc1-c1c2ccc2c1oc1ccccc12. The highest BCUT2D eigenvalue weighted by molar-refractivity contribution is 6.31. The Bertz CT molecular complexity index is 1800. The molecule has 5 aromatic rings. The first-order chi connectivity index (χ1) is 17.1. The Kier molecular flexibility index (Phi) is 4.14. The Morgan fingerprint density at radius 2 is 1.69 bits per heavy atom. The van der Waals surface area contributed by atoms with Crippen LogP contribution in [0.5, 0.6) is 0 Å². The van der Waals surface area contributed by atoms with E-state index in [-0.39, 0.29) is 5.83 Å². The molecule has 1 spiro atoms. The maximum absolute atomic E-state index is 14.9. The molecular formula is C32H20ClFO. The molecule has 0 saturated heterocycles. The number of para-hydroxylation sites is 1. The van der Waals surface area contributed by atoms with Crippen molar-refractivity contribution < 1.29 is 8.81 Å². The van der Waals surface area contributed by atoms with Crippen LogP contribution in [0.4, 0.5) is 4.39 Å². The molecule has 0 amide bonds. The number of benzene rings is 4. The van der Waals surface area contributed by atoms with Gasteiger partial charge in [-0.05, 0) is 76.2 Å². The minimum absolute atomic E-state index is 0.367. The van der Waals surface area contributed by atoms with Crippen molar-refractivity contribution in [3.8, 4) is 11.1 Å². The molecule has 0 aliphatic heterocycles. The number of hydrogen-bond donors (Lipinski definition) is 0. The number of rotatable bonds is 2. The zero-order valence-corrected chi connectivity index (χ0v) is 19.8. The van der Waals surface area contributed by atoms with Crippen molar-refractivity contribution in [2.75, 3.05) is 0 Å². The molecule has 4 aromatic carbocycles. The number of furan rings is 1. The Balaban J connectivity index is 1.71. The predicted molar refractivity (Wildman–Crippen MR) is 142 cm³/mol. The van der Waals surface area contributed by atoms with Gasteiger partial charge in [0.15, 0.2) is 0 Å². The highest BCUT2D eigenvalue weighted by Crippen LogP contribution is 2.63. The predicted octanol–water partition coefficient (Wildman–Crippen LogP) is 9.38. The first kappa shape index (κ1) is 20.5. The van der Waals surface area contributed by atoms with Crippen molar-refractivity contribution in [1.82, 2.24) is 0 Å². The molecule has 1 aromatic heterocycles. The third-order valence-corrected chi connectivity index (χ3v) is 7.86. The Morgan fingerprint density at radius 1 is 0.886 bits per heavy atom. The highest BCUT2D eigenvalue weighted by Gasteiger charge is 2.52. The van der Waals surface area contributed by atoms with Crippen LogP contribution in [0.15, 0.2) is 113 Å². The highest BCUT2D eigenvalue weighted by atomic mass is 35.5. The van der Waals surface area contributed by atoms with Crippen LogP contribution in [-0.4, -0.2) is 0 Å². The quantitative estimate of drug-likeness (QED) is 0.232. The van der Waals surface area contributed by atoms with Crippen LogP contribution in [0.2, 0.25) is 5.02 Å². The van der Waals surface area contributed by atoms with Crippen molar-refractivity contribution in [3.05, 3.63) is 136 Å². The van der Waals surface area contributed by atoms with Crippen LogP contribution in [0.25, 0.3) is 38.6 Å². The van der Waals surface area contributed by atoms with Gasteiger partial charge < -0.3 is 4.42 Å². The van der Waals surface area contributed by atoms with Crippen molar-refractivity contribution in [3.63, 3.8) is 0 Å². The topological polar surface area (TPSA) is 13.1 Å². The summed E-state index contributed by atoms with van der Waals surface area (Å²) >= 11 is 6.61. The van der Waals surface area contributed by atoms with Gasteiger partial charge in [-0.1, -0.05) is 78.8 Å². The third-order valence-electron chi connectivity index (χ3n) is 7.63. The average Bonchev–Trinajstić information content (AvgIpc) is 3.48. The third kappa shape index (κ3) is 2.47. The molecule has 2 aliphatic rings. The van der Waals surface area contributed by atoms with E-state index in [9.17, 15) is 4.39 Å². The zero-order chi connectivity index (χ0) is 23.9. The number of halogens is 2. The molecule has 1 unspecified atom stereocenters. The smallest absolute Gasteiger partial charge is 0.143 e. The molecule has 1 heterocycles. The number of hydrogen-bond acceptors (Lipinski definition) is 1. The molecule has 0 N–H and O–H groups in total. The molecule has 2 aliphatic carbocycles. The van der Waals surface area contributed by atoms with Gasteiger partial charge in [0.05, 0.1) is 5.41 Å². The normalized spacial score (nSPS) is 18.4. The monoisotopic (exact) mass is 474 g/mol. The zero-order valence-electron chi connectivity index (χ0n) is 19.0. The van der Waals surface area contributed by atoms with Crippen LogP contribution >= 0.6 is 11.6 Å². The van der Waals surface area contributed by atoms with Crippen LogP contribution in [0.1, 0.15) is 29.2 Å². The largest absolute Gasteiger partial charge is 0.455 e. The maximum atomic E-state index is 14.9. The lowest BCUT2D eigenvalue weighted by molar-refractivity contribution is 0.660. The maximum Gasteiger partial charge on any atom is 0.143 e. The molecule has 0 saturated carbocycles. The summed E-state index contributed by atoms with van der Waals surface area (Å²) in [4.78, 5) is 0. The van der Waals surface area contributed by atoms with Gasteiger partial charge in [0.25, 0.3) is 0 Å². The molecule has 0 bridgehead atoms. The van der Waals surface area contributed by atoms with E-state index in [2.05, 4.69) is 49.9 Å². The van der Waals surface area contributed by atoms with Crippen LogP contribution in [0.3, 0.4) is 0 Å². The minimum Gasteiger partial charge on any atom is -0.455 e. The Morgan fingerprint density at radius 3 is 2.54 bits per heavy atom. The van der Waals surface area contributed by atoms with Gasteiger partial charge in [-0.3, -0.25) is 0 Å². The second-order valence-electron chi connectivity index (χ2n) is 9.22. The number of fused-ring (bicyclic) bond motifs is 11. The summed E-state index contributed by atoms with van der Waals surface area (Å²) in [5.41, 5.74) is 9.39. The van der Waals surface area contributed by atoms with Crippen LogP contribution in [-0.2, 0) is 5.41 Å². The van der Waals surface area contributed by atoms with Crippen molar-refractivity contribution in [1.29, 1.82) is 0 Å². The molecule has 35 heavy (non-hydrogen) atoms. The number of allylic oxidation sites excluding steroid dienone is 5. The molecule has 0 fully saturated rings. The Labute approximate surface area is 207 Å². The molecule has 0 radical (unpaired) electrons. The summed E-state index contributed by atoms with van der Waals surface area (Å²) in [5, 5.41) is 2.79. The van der Waals surface area contributed by atoms with Gasteiger partial charge in [-0.25, -0.2) is 4.39 Å². The second-order valence-corrected chi connectivity index (χ2v) is 9.66. The van der Waals surface area contributed by atoms with E-state index in [0.717, 1.165) is 66.5 Å². The Hall–Kier alpha value is -3.88. The summed E-state index contributed by atoms with van der Waals surface area (Å²) in [6.45, 7) is 5.73. The van der Waals surface area contributed by atoms with E-state index >= 15 is 0 Å². The van der Waals surface area contributed by atoms with E-state index in [1.807, 2.05) is 42.5 Å². The van der Waals surface area contributed by atoms with Crippen molar-refractivity contribution in [2.45, 2.75) is 12.3 Å². The van der Waals surface area contributed by atoms with Gasteiger partial charge in [0.2, 0.25) is 0 Å². The fourth-order valence-corrected chi connectivity index (χ4v) is 6.43. The van der Waals surface area contributed by atoms with Gasteiger partial charge in [0.1, 0.15) is 17.0 Å². The average molecular weight is 475 g/mol. The summed E-state index contributed by atoms with van der Waals surface area (Å²) in [6, 6.07) is 26.8. The molecule has 1 atom stereocenters. The van der Waals surface area contributed by atoms with E-state index in [1.165, 1.54) is 6.08 Å². The molecule has 1 nitrogen and oxygen atoms in total. The lowest BCUT2D eigenvalue weighted by Gasteiger charge is -2.31. The van der Waals surface area contributed by atoms with Gasteiger partial charge >= 0.3 is 0 Å². The first-order valence-corrected chi connectivity index (χ1v) is 12.0. The van der Waals surface area contributed by atoms with Gasteiger partial charge in [-0.2, -0.15) is 0 Å². The van der Waals surface area contributed by atoms with Crippen molar-refractivity contribution in [2.24, 2.45) is 0 Å². The van der Waals surface area contributed by atoms with E-state index < -0.39 is 5.41 Å². The van der Waals surface area contributed by atoms with E-state index in [4.69, 9.17) is 16.0 Å². The lowest BCUT2D eigenvalue weighted by Crippen LogP contribution is -2.27. The lowest BCUT2D eigenvalue weighted by atomic mass is 9.69. The van der Waals surface area contributed by atoms with Gasteiger partial charge in [-0.15, -0.1) is 0 Å². The molecule has 3 heteroatoms. The van der Waals surface area contributed by atoms with Gasteiger partial charge in [0, 0.05) is 21.4 Å². The molecular weight excluding hydrogens is 455 g/mol. The summed E-state index contributed by atoms with van der Waals surface area (Å²) < 4.78 is 21.4. The van der Waals surface area contributed by atoms with E-state index in [0.29, 0.717) is 5.02 Å². The minimum atomic E-state index is -0.705. The van der Waals surface area contributed by atoms with E-state index in [1.54, 1.807) is 6.08 Å². The molecule has 7 rings (SSSR count). The van der Waals surface area contributed by atoms with Crippen molar-refractivity contribution >= 4 is 39.1 Å². The molecule has 168 valence electrons. The fourth-order valence-electron chi connectivity index (χ4n) is 6.26.